The monoisotopic (exact) mass is 366 g/mol. The van der Waals surface area contributed by atoms with Crippen LogP contribution < -0.4 is 0 Å². The predicted octanol–water partition coefficient (Wildman–Crippen LogP) is 2.86. The Kier molecular flexibility index (Phi) is 5.64. The Balaban J connectivity index is 2.15. The maximum atomic E-state index is 12.5. The van der Waals surface area contributed by atoms with Gasteiger partial charge in [-0.05, 0) is 42.0 Å². The van der Waals surface area contributed by atoms with Crippen molar-refractivity contribution in [2.75, 3.05) is 21.1 Å². The van der Waals surface area contributed by atoms with Crippen LogP contribution in [0.4, 0.5) is 0 Å². The van der Waals surface area contributed by atoms with Crippen molar-refractivity contribution < 1.29 is 13.2 Å². The van der Waals surface area contributed by atoms with Gasteiger partial charge < -0.3 is 4.90 Å². The number of carbonyl (C=O) groups is 1. The molecule has 0 aliphatic carbocycles. The molecule has 0 fully saturated rings. The first-order chi connectivity index (χ1) is 11.2. The van der Waals surface area contributed by atoms with Crippen LogP contribution in [0, 0.1) is 0 Å². The molecule has 0 aliphatic rings. The van der Waals surface area contributed by atoms with E-state index in [-0.39, 0.29) is 10.8 Å². The SMILES string of the molecule is CN(Cc1cccc(Cl)c1)C(=O)c1ccc(S(=O)(=O)N(C)C)cc1. The van der Waals surface area contributed by atoms with Crippen LogP contribution in [0.3, 0.4) is 0 Å². The van der Waals surface area contributed by atoms with Crippen LogP contribution in [0.2, 0.25) is 5.02 Å². The van der Waals surface area contributed by atoms with E-state index < -0.39 is 10.0 Å². The van der Waals surface area contributed by atoms with E-state index in [0.717, 1.165) is 9.87 Å². The Labute approximate surface area is 147 Å². The fourth-order valence-corrected chi connectivity index (χ4v) is 3.30. The fraction of sp³-hybridized carbons (Fsp3) is 0.235. The number of sulfonamides is 1. The minimum Gasteiger partial charge on any atom is -0.337 e. The summed E-state index contributed by atoms with van der Waals surface area (Å²) in [6, 6.07) is 13.2. The van der Waals surface area contributed by atoms with Gasteiger partial charge in [-0.3, -0.25) is 4.79 Å². The number of benzene rings is 2. The first kappa shape index (κ1) is 18.4. The van der Waals surface area contributed by atoms with Gasteiger partial charge in [-0.15, -0.1) is 0 Å². The third-order valence-electron chi connectivity index (χ3n) is 3.54. The normalized spacial score (nSPS) is 11.5. The second kappa shape index (κ2) is 7.34. The van der Waals surface area contributed by atoms with E-state index in [9.17, 15) is 13.2 Å². The molecule has 0 unspecified atom stereocenters. The molecule has 0 radical (unpaired) electrons. The van der Waals surface area contributed by atoms with Gasteiger partial charge in [0.05, 0.1) is 4.90 Å². The van der Waals surface area contributed by atoms with E-state index in [1.54, 1.807) is 24.1 Å². The zero-order valence-electron chi connectivity index (χ0n) is 13.7. The highest BCUT2D eigenvalue weighted by atomic mass is 35.5. The summed E-state index contributed by atoms with van der Waals surface area (Å²) in [6.07, 6.45) is 0. The van der Waals surface area contributed by atoms with Crippen molar-refractivity contribution in [2.45, 2.75) is 11.4 Å². The molecule has 0 heterocycles. The van der Waals surface area contributed by atoms with E-state index >= 15 is 0 Å². The van der Waals surface area contributed by atoms with Crippen molar-refractivity contribution in [3.63, 3.8) is 0 Å². The lowest BCUT2D eigenvalue weighted by Crippen LogP contribution is -2.26. The van der Waals surface area contributed by atoms with Crippen molar-refractivity contribution in [1.82, 2.24) is 9.21 Å². The van der Waals surface area contributed by atoms with Crippen LogP contribution in [0.15, 0.2) is 53.4 Å². The lowest BCUT2D eigenvalue weighted by molar-refractivity contribution is 0.0785. The summed E-state index contributed by atoms with van der Waals surface area (Å²) < 4.78 is 25.2. The molecule has 128 valence electrons. The molecule has 2 rings (SSSR count). The van der Waals surface area contributed by atoms with Crippen molar-refractivity contribution >= 4 is 27.5 Å². The number of halogens is 1. The van der Waals surface area contributed by atoms with E-state index in [1.807, 2.05) is 12.1 Å². The quantitative estimate of drug-likeness (QED) is 0.817. The van der Waals surface area contributed by atoms with Crippen molar-refractivity contribution in [3.8, 4) is 0 Å². The van der Waals surface area contributed by atoms with E-state index in [0.29, 0.717) is 17.1 Å². The Morgan fingerprint density at radius 3 is 2.21 bits per heavy atom. The third kappa shape index (κ3) is 4.14. The van der Waals surface area contributed by atoms with Gasteiger partial charge in [-0.2, -0.15) is 0 Å². The smallest absolute Gasteiger partial charge is 0.253 e. The topological polar surface area (TPSA) is 57.7 Å². The maximum Gasteiger partial charge on any atom is 0.253 e. The van der Waals surface area contributed by atoms with E-state index in [2.05, 4.69) is 0 Å². The third-order valence-corrected chi connectivity index (χ3v) is 5.60. The molecular weight excluding hydrogens is 348 g/mol. The van der Waals surface area contributed by atoms with Gasteiger partial charge in [-0.25, -0.2) is 12.7 Å². The zero-order valence-corrected chi connectivity index (χ0v) is 15.3. The minimum atomic E-state index is -3.50. The summed E-state index contributed by atoms with van der Waals surface area (Å²) in [4.78, 5) is 14.2. The zero-order chi connectivity index (χ0) is 17.9. The van der Waals surface area contributed by atoms with Crippen LogP contribution in [0.5, 0.6) is 0 Å². The van der Waals surface area contributed by atoms with Gasteiger partial charge in [0.1, 0.15) is 0 Å². The van der Waals surface area contributed by atoms with Gasteiger partial charge in [-0.1, -0.05) is 23.7 Å². The number of amides is 1. The molecule has 0 spiro atoms. The lowest BCUT2D eigenvalue weighted by Gasteiger charge is -2.18. The highest BCUT2D eigenvalue weighted by Gasteiger charge is 2.18. The first-order valence-corrected chi connectivity index (χ1v) is 9.06. The van der Waals surface area contributed by atoms with Gasteiger partial charge in [0.15, 0.2) is 0 Å². The molecule has 0 bridgehead atoms. The second-order valence-electron chi connectivity index (χ2n) is 5.60. The number of carbonyl (C=O) groups excluding carboxylic acids is 1. The van der Waals surface area contributed by atoms with Crippen molar-refractivity contribution in [1.29, 1.82) is 0 Å². The van der Waals surface area contributed by atoms with Gasteiger partial charge in [0.2, 0.25) is 10.0 Å². The molecule has 0 saturated heterocycles. The second-order valence-corrected chi connectivity index (χ2v) is 8.19. The molecule has 0 N–H and O–H groups in total. The van der Waals surface area contributed by atoms with Crippen LogP contribution >= 0.6 is 11.6 Å². The Morgan fingerprint density at radius 1 is 1.04 bits per heavy atom. The summed E-state index contributed by atoms with van der Waals surface area (Å²) in [5.41, 5.74) is 1.35. The molecule has 0 atom stereocenters. The standard InChI is InChI=1S/C17H19ClN2O3S/c1-19(2)24(22,23)16-9-7-14(8-10-16)17(21)20(3)12-13-5-4-6-15(18)11-13/h4-11H,12H2,1-3H3. The fourth-order valence-electron chi connectivity index (χ4n) is 2.18. The van der Waals surface area contributed by atoms with Crippen LogP contribution in [-0.2, 0) is 16.6 Å². The average Bonchev–Trinajstić information content (AvgIpc) is 2.54. The number of hydrogen-bond acceptors (Lipinski definition) is 3. The van der Waals surface area contributed by atoms with Crippen LogP contribution in [0.25, 0.3) is 0 Å². The summed E-state index contributed by atoms with van der Waals surface area (Å²) in [5.74, 6) is -0.191. The summed E-state index contributed by atoms with van der Waals surface area (Å²) >= 11 is 5.95. The van der Waals surface area contributed by atoms with Gasteiger partial charge in [0.25, 0.3) is 5.91 Å². The van der Waals surface area contributed by atoms with Crippen LogP contribution in [-0.4, -0.2) is 44.7 Å². The molecule has 5 nitrogen and oxygen atoms in total. The van der Waals surface area contributed by atoms with E-state index in [4.69, 9.17) is 11.6 Å². The summed E-state index contributed by atoms with van der Waals surface area (Å²) in [7, 11) is 1.12. The predicted molar refractivity (Wildman–Crippen MR) is 94.6 cm³/mol. The highest BCUT2D eigenvalue weighted by Crippen LogP contribution is 2.16. The maximum absolute atomic E-state index is 12.5. The molecule has 2 aromatic rings. The molecular formula is C17H19ClN2O3S. The average molecular weight is 367 g/mol. The Morgan fingerprint density at radius 2 is 1.67 bits per heavy atom. The molecule has 7 heteroatoms. The van der Waals surface area contributed by atoms with E-state index in [1.165, 1.54) is 38.4 Å². The largest absolute Gasteiger partial charge is 0.337 e. The molecule has 2 aromatic carbocycles. The van der Waals surface area contributed by atoms with Gasteiger partial charge in [0, 0.05) is 38.3 Å². The molecule has 24 heavy (non-hydrogen) atoms. The summed E-state index contributed by atoms with van der Waals surface area (Å²) in [6.45, 7) is 0.414. The number of nitrogens with zero attached hydrogens (tertiary/aromatic N) is 2. The van der Waals surface area contributed by atoms with Gasteiger partial charge >= 0.3 is 0 Å². The highest BCUT2D eigenvalue weighted by molar-refractivity contribution is 7.89. The molecule has 0 aromatic heterocycles. The minimum absolute atomic E-state index is 0.154. The first-order valence-electron chi connectivity index (χ1n) is 7.24. The molecule has 0 aliphatic heterocycles. The lowest BCUT2D eigenvalue weighted by atomic mass is 10.1. The summed E-state index contributed by atoms with van der Waals surface area (Å²) in [5, 5.41) is 0.617. The number of hydrogen-bond donors (Lipinski definition) is 0. The molecule has 0 saturated carbocycles. The number of rotatable bonds is 5. The van der Waals surface area contributed by atoms with Crippen molar-refractivity contribution in [2.24, 2.45) is 0 Å². The Hall–Kier alpha value is -1.89. The van der Waals surface area contributed by atoms with Crippen molar-refractivity contribution in [3.05, 3.63) is 64.7 Å². The Bertz CT molecular complexity index is 833. The van der Waals surface area contributed by atoms with Crippen LogP contribution in [0.1, 0.15) is 15.9 Å². The molecule has 1 amide bonds.